The van der Waals surface area contributed by atoms with Crippen LogP contribution in [0, 0.1) is 0 Å². The Morgan fingerprint density at radius 3 is 2.33 bits per heavy atom. The van der Waals surface area contributed by atoms with Crippen LogP contribution in [0.2, 0.25) is 0 Å². The highest BCUT2D eigenvalue weighted by atomic mass is 16.5. The van der Waals surface area contributed by atoms with Crippen molar-refractivity contribution in [3.8, 4) is 5.75 Å². The molecule has 5 heteroatoms. The molecule has 0 aliphatic rings. The Morgan fingerprint density at radius 2 is 1.76 bits per heavy atom. The number of amides is 1. The lowest BCUT2D eigenvalue weighted by Gasteiger charge is -2.10. The number of benzene rings is 2. The molecule has 0 radical (unpaired) electrons. The molecule has 0 spiro atoms. The number of nitrogens with two attached hydrogens (primary N) is 1. The van der Waals surface area contributed by atoms with E-state index in [1.165, 1.54) is 14.0 Å². The van der Waals surface area contributed by atoms with Gasteiger partial charge in [0.05, 0.1) is 18.4 Å². The predicted octanol–water partition coefficient (Wildman–Crippen LogP) is 2.47. The molecule has 0 bridgehead atoms. The summed E-state index contributed by atoms with van der Waals surface area (Å²) in [6.45, 7) is 1.43. The molecule has 0 unspecified atom stereocenters. The monoisotopic (exact) mass is 284 g/mol. The van der Waals surface area contributed by atoms with Crippen LogP contribution < -0.4 is 15.8 Å². The lowest BCUT2D eigenvalue weighted by molar-refractivity contribution is -0.114. The number of hydrogen-bond donors (Lipinski definition) is 2. The van der Waals surface area contributed by atoms with Crippen LogP contribution in [-0.4, -0.2) is 18.8 Å². The number of anilines is 2. The average Bonchev–Trinajstić information content (AvgIpc) is 2.46. The maximum atomic E-state index is 12.5. The maximum Gasteiger partial charge on any atom is 0.221 e. The van der Waals surface area contributed by atoms with Crippen molar-refractivity contribution in [2.24, 2.45) is 0 Å². The highest BCUT2D eigenvalue weighted by Gasteiger charge is 2.16. The molecule has 2 aromatic carbocycles. The molecule has 0 aliphatic heterocycles. The summed E-state index contributed by atoms with van der Waals surface area (Å²) < 4.78 is 5.19. The molecule has 0 saturated heterocycles. The molecule has 0 atom stereocenters. The summed E-state index contributed by atoms with van der Waals surface area (Å²) in [5.41, 5.74) is 7.76. The van der Waals surface area contributed by atoms with Gasteiger partial charge >= 0.3 is 0 Å². The molecule has 2 rings (SSSR count). The molecular formula is C16H16N2O3. The van der Waals surface area contributed by atoms with Crippen LogP contribution in [0.3, 0.4) is 0 Å². The Labute approximate surface area is 122 Å². The van der Waals surface area contributed by atoms with Crippen LogP contribution in [0.1, 0.15) is 22.8 Å². The molecule has 108 valence electrons. The number of nitrogen functional groups attached to an aromatic ring is 1. The van der Waals surface area contributed by atoms with Crippen molar-refractivity contribution in [1.29, 1.82) is 0 Å². The number of ketones is 1. The number of nitrogens with one attached hydrogen (secondary N) is 1. The van der Waals surface area contributed by atoms with Crippen LogP contribution in [0.5, 0.6) is 5.75 Å². The van der Waals surface area contributed by atoms with Gasteiger partial charge in [-0.15, -0.1) is 0 Å². The summed E-state index contributed by atoms with van der Waals surface area (Å²) in [6, 6.07) is 11.7. The Kier molecular flexibility index (Phi) is 4.23. The van der Waals surface area contributed by atoms with Crippen LogP contribution in [0.25, 0.3) is 0 Å². The Balaban J connectivity index is 2.32. The summed E-state index contributed by atoms with van der Waals surface area (Å²) >= 11 is 0. The number of ether oxygens (including phenoxy) is 1. The third kappa shape index (κ3) is 3.20. The third-order valence-electron chi connectivity index (χ3n) is 2.96. The fraction of sp³-hybridized carbons (Fsp3) is 0.125. The van der Waals surface area contributed by atoms with Crippen LogP contribution in [-0.2, 0) is 4.79 Å². The van der Waals surface area contributed by atoms with Gasteiger partial charge in [-0.3, -0.25) is 9.59 Å². The van der Waals surface area contributed by atoms with Crippen molar-refractivity contribution in [1.82, 2.24) is 0 Å². The van der Waals surface area contributed by atoms with E-state index in [9.17, 15) is 9.59 Å². The normalized spacial score (nSPS) is 10.0. The zero-order valence-corrected chi connectivity index (χ0v) is 11.8. The number of rotatable bonds is 4. The topological polar surface area (TPSA) is 81.4 Å². The molecule has 0 saturated carbocycles. The quantitative estimate of drug-likeness (QED) is 0.667. The maximum absolute atomic E-state index is 12.5. The minimum atomic E-state index is -0.187. The van der Waals surface area contributed by atoms with Crippen molar-refractivity contribution in [3.63, 3.8) is 0 Å². The molecule has 1 amide bonds. The van der Waals surface area contributed by atoms with Gasteiger partial charge in [-0.25, -0.2) is 0 Å². The number of methoxy groups -OCH3 is 1. The van der Waals surface area contributed by atoms with E-state index in [2.05, 4.69) is 5.32 Å². The number of hydrogen-bond acceptors (Lipinski definition) is 4. The third-order valence-corrected chi connectivity index (χ3v) is 2.96. The SMILES string of the molecule is COc1c(N)cccc1C(=O)c1ccc(NC(C)=O)cc1. The van der Waals surface area contributed by atoms with E-state index >= 15 is 0 Å². The van der Waals surface area contributed by atoms with Gasteiger partial charge in [0, 0.05) is 18.2 Å². The second-order valence-corrected chi connectivity index (χ2v) is 4.52. The van der Waals surface area contributed by atoms with Crippen molar-refractivity contribution < 1.29 is 14.3 Å². The highest BCUT2D eigenvalue weighted by molar-refractivity contribution is 6.11. The van der Waals surface area contributed by atoms with E-state index in [1.807, 2.05) is 0 Å². The molecule has 5 nitrogen and oxygen atoms in total. The first kappa shape index (κ1) is 14.6. The van der Waals surface area contributed by atoms with Crippen molar-refractivity contribution >= 4 is 23.1 Å². The molecule has 2 aromatic rings. The summed E-state index contributed by atoms with van der Waals surface area (Å²) in [6.07, 6.45) is 0. The fourth-order valence-electron chi connectivity index (χ4n) is 2.03. The Bertz CT molecular complexity index is 678. The van der Waals surface area contributed by atoms with E-state index in [4.69, 9.17) is 10.5 Å². The zero-order valence-electron chi connectivity index (χ0n) is 11.8. The first-order valence-electron chi connectivity index (χ1n) is 6.37. The van der Waals surface area contributed by atoms with E-state index < -0.39 is 0 Å². The largest absolute Gasteiger partial charge is 0.494 e. The average molecular weight is 284 g/mol. The highest BCUT2D eigenvalue weighted by Crippen LogP contribution is 2.28. The number of para-hydroxylation sites is 1. The van der Waals surface area contributed by atoms with E-state index in [-0.39, 0.29) is 11.7 Å². The minimum Gasteiger partial charge on any atom is -0.494 e. The fourth-order valence-corrected chi connectivity index (χ4v) is 2.03. The minimum absolute atomic E-state index is 0.161. The summed E-state index contributed by atoms with van der Waals surface area (Å²) in [5.74, 6) is 0.0218. The van der Waals surface area contributed by atoms with Gasteiger partial charge < -0.3 is 15.8 Å². The predicted molar refractivity (Wildman–Crippen MR) is 81.6 cm³/mol. The first-order valence-corrected chi connectivity index (χ1v) is 6.37. The van der Waals surface area contributed by atoms with Crippen molar-refractivity contribution in [3.05, 3.63) is 53.6 Å². The number of carbonyl (C=O) groups excluding carboxylic acids is 2. The lowest BCUT2D eigenvalue weighted by Crippen LogP contribution is -2.08. The van der Waals surface area contributed by atoms with E-state index in [1.54, 1.807) is 42.5 Å². The van der Waals surface area contributed by atoms with E-state index in [0.717, 1.165) is 0 Å². The molecule has 21 heavy (non-hydrogen) atoms. The van der Waals surface area contributed by atoms with E-state index in [0.29, 0.717) is 28.3 Å². The zero-order chi connectivity index (χ0) is 15.4. The molecule has 0 aromatic heterocycles. The van der Waals surface area contributed by atoms with Crippen molar-refractivity contribution in [2.45, 2.75) is 6.92 Å². The van der Waals surface area contributed by atoms with Gasteiger partial charge in [-0.2, -0.15) is 0 Å². The molecule has 3 N–H and O–H groups in total. The molecule has 0 aliphatic carbocycles. The van der Waals surface area contributed by atoms with Crippen LogP contribution >= 0.6 is 0 Å². The standard InChI is InChI=1S/C16H16N2O3/c1-10(19)18-12-8-6-11(7-9-12)15(20)13-4-3-5-14(17)16(13)21-2/h3-9H,17H2,1-2H3,(H,18,19). The van der Waals surface area contributed by atoms with Crippen LogP contribution in [0.15, 0.2) is 42.5 Å². The summed E-state index contributed by atoms with van der Waals surface area (Å²) in [4.78, 5) is 23.5. The van der Waals surface area contributed by atoms with Gasteiger partial charge in [0.2, 0.25) is 5.91 Å². The second-order valence-electron chi connectivity index (χ2n) is 4.52. The van der Waals surface area contributed by atoms with Gasteiger partial charge in [-0.05, 0) is 36.4 Å². The van der Waals surface area contributed by atoms with Crippen molar-refractivity contribution in [2.75, 3.05) is 18.2 Å². The Morgan fingerprint density at radius 1 is 1.10 bits per heavy atom. The number of carbonyl (C=O) groups is 2. The van der Waals surface area contributed by atoms with Crippen LogP contribution in [0.4, 0.5) is 11.4 Å². The first-order chi connectivity index (χ1) is 10.0. The van der Waals surface area contributed by atoms with Gasteiger partial charge in [0.25, 0.3) is 0 Å². The van der Waals surface area contributed by atoms with Gasteiger partial charge in [0.15, 0.2) is 11.5 Å². The Hall–Kier alpha value is -2.82. The van der Waals surface area contributed by atoms with Gasteiger partial charge in [0.1, 0.15) is 0 Å². The second kappa shape index (κ2) is 6.09. The summed E-state index contributed by atoms with van der Waals surface area (Å²) in [7, 11) is 1.47. The lowest BCUT2D eigenvalue weighted by atomic mass is 10.0. The molecule has 0 heterocycles. The smallest absolute Gasteiger partial charge is 0.221 e. The summed E-state index contributed by atoms with van der Waals surface area (Å²) in [5, 5.41) is 2.65. The molecular weight excluding hydrogens is 268 g/mol. The van der Waals surface area contributed by atoms with Gasteiger partial charge in [-0.1, -0.05) is 6.07 Å². The molecule has 0 fully saturated rings.